The van der Waals surface area contributed by atoms with Crippen LogP contribution in [0.3, 0.4) is 0 Å². The number of ketones is 1. The first kappa shape index (κ1) is 38.0. The Bertz CT molecular complexity index is 740. The van der Waals surface area contributed by atoms with E-state index in [2.05, 4.69) is 27.7 Å². The van der Waals surface area contributed by atoms with Gasteiger partial charge in [-0.15, -0.1) is 0 Å². The smallest absolute Gasteiger partial charge is 0.140 e. The molecule has 2 atom stereocenters. The number of carbonyl (C=O) groups excluding carboxylic acids is 1. The Kier molecular flexibility index (Phi) is 18.4. The summed E-state index contributed by atoms with van der Waals surface area (Å²) in [6.07, 6.45) is 31.9. The first-order valence-electron chi connectivity index (χ1n) is 17.3. The molecule has 2 rings (SSSR count). The Morgan fingerprint density at radius 3 is 1.32 bits per heavy atom. The first-order chi connectivity index (χ1) is 18.9. The van der Waals surface area contributed by atoms with Crippen LogP contribution in [-0.4, -0.2) is 49.2 Å². The van der Waals surface area contributed by atoms with E-state index in [1.165, 1.54) is 103 Å². The highest BCUT2D eigenvalue weighted by molar-refractivity contribution is 7.85. The highest BCUT2D eigenvalue weighted by Gasteiger charge is 2.64. The van der Waals surface area contributed by atoms with Crippen LogP contribution in [0.15, 0.2) is 0 Å². The number of carbonyl (C=O) groups is 1. The van der Waals surface area contributed by atoms with Crippen LogP contribution in [0, 0.1) is 16.7 Å². The summed E-state index contributed by atoms with van der Waals surface area (Å²) in [5.74, 6) is -0.280. The zero-order valence-corrected chi connectivity index (χ0v) is 29.2. The lowest BCUT2D eigenvalue weighted by Gasteiger charge is -2.37. The van der Waals surface area contributed by atoms with E-state index in [1.54, 1.807) is 24.6 Å². The van der Waals surface area contributed by atoms with Crippen LogP contribution in [0.5, 0.6) is 0 Å². The van der Waals surface area contributed by atoms with E-state index in [4.69, 9.17) is 0 Å². The van der Waals surface area contributed by atoms with Gasteiger partial charge in [0.2, 0.25) is 0 Å². The summed E-state index contributed by atoms with van der Waals surface area (Å²) in [6, 6.07) is 0. The second-order valence-electron chi connectivity index (χ2n) is 13.8. The predicted molar refractivity (Wildman–Crippen MR) is 176 cm³/mol. The summed E-state index contributed by atoms with van der Waals surface area (Å²) in [4.78, 5) is 11.8. The zero-order chi connectivity index (χ0) is 30.1. The maximum absolute atomic E-state index is 11.8. The van der Waals surface area contributed by atoms with Crippen LogP contribution in [0.4, 0.5) is 0 Å². The number of Topliss-reactive ketones (excluding diaryl/α,β-unsaturated/α-hetero) is 1. The average Bonchev–Trinajstić information content (AvgIpc) is 3.23. The Morgan fingerprint density at radius 1 is 0.700 bits per heavy atom. The lowest BCUT2D eigenvalue weighted by molar-refractivity contribution is -0.128. The van der Waals surface area contributed by atoms with Crippen molar-refractivity contribution in [3.05, 3.63) is 0 Å². The highest BCUT2D eigenvalue weighted by Crippen LogP contribution is 2.64. The normalized spacial score (nSPS) is 22.0. The third-order valence-corrected chi connectivity index (χ3v) is 16.4. The second kappa shape index (κ2) is 19.3. The number of hydrogen-bond acceptors (Lipinski definition) is 4. The number of fused-ring (bicyclic) bond motifs is 2. The predicted octanol–water partition coefficient (Wildman–Crippen LogP) is 10.3. The van der Waals surface area contributed by atoms with Crippen LogP contribution in [-0.2, 0) is 14.9 Å². The van der Waals surface area contributed by atoms with E-state index in [9.17, 15) is 17.8 Å². The van der Waals surface area contributed by atoms with Crippen LogP contribution in [0.2, 0.25) is 0 Å². The molecule has 0 aromatic carbocycles. The maximum atomic E-state index is 11.8. The van der Waals surface area contributed by atoms with Gasteiger partial charge in [-0.25, -0.2) is 8.42 Å². The van der Waals surface area contributed by atoms with Gasteiger partial charge >= 0.3 is 0 Å². The Balaban J connectivity index is 0.000000448. The molecule has 6 heteroatoms. The molecule has 0 amide bonds. The Labute approximate surface area is 251 Å². The van der Waals surface area contributed by atoms with Crippen molar-refractivity contribution in [1.29, 1.82) is 0 Å². The summed E-state index contributed by atoms with van der Waals surface area (Å²) in [5.41, 5.74) is -1.22. The lowest BCUT2D eigenvalue weighted by atomic mass is 9.70. The van der Waals surface area contributed by atoms with Gasteiger partial charge in [0.05, 0.1) is 40.5 Å². The molecule has 2 aliphatic carbocycles. The van der Waals surface area contributed by atoms with Gasteiger partial charge in [-0.05, 0) is 75.5 Å². The maximum Gasteiger partial charge on any atom is 0.140 e. The summed E-state index contributed by atoms with van der Waals surface area (Å²) in [5, 5.41) is 0. The molecule has 2 fully saturated rings. The molecule has 0 spiro atoms. The van der Waals surface area contributed by atoms with E-state index in [1.807, 2.05) is 13.8 Å². The third kappa shape index (κ3) is 12.3. The average molecular weight is 603 g/mol. The van der Waals surface area contributed by atoms with Crippen LogP contribution in [0.25, 0.3) is 0 Å². The van der Waals surface area contributed by atoms with Gasteiger partial charge in [-0.3, -0.25) is 4.79 Å². The minimum absolute atomic E-state index is 0.0248. The molecule has 2 saturated carbocycles. The molecule has 0 aliphatic heterocycles. The van der Waals surface area contributed by atoms with Crippen molar-refractivity contribution in [3.63, 3.8) is 0 Å². The SMILES string of the molecule is CC1(C)C2CCC1(CS(=O)(=O)[O-])C(=O)C2.CCCCCC[P+](CCCCCC)(CCCCCC)CCCCCC. The van der Waals surface area contributed by atoms with E-state index in [-0.39, 0.29) is 17.1 Å². The standard InChI is InChI=1S/C24H52P.C10H16O4S/c1-5-9-13-17-21-25(22-18-14-10-6-2,23-19-15-11-7-3)24-20-16-12-8-4;1-9(2)7-3-4-10(9,8(11)5-7)6-15(12,13)14/h5-24H2,1-4H3;7H,3-6H2,1-2H3,(H,12,13,14)/q+1;/p-1. The quantitative estimate of drug-likeness (QED) is 0.0702. The topological polar surface area (TPSA) is 74.3 Å². The molecule has 0 heterocycles. The minimum Gasteiger partial charge on any atom is -0.748 e. The number of hydrogen-bond donors (Lipinski definition) is 0. The van der Waals surface area contributed by atoms with Gasteiger partial charge in [0.25, 0.3) is 0 Å². The third-order valence-electron chi connectivity index (χ3n) is 10.5. The van der Waals surface area contributed by atoms with E-state index < -0.39 is 28.5 Å². The van der Waals surface area contributed by atoms with Crippen molar-refractivity contribution < 1.29 is 17.8 Å². The van der Waals surface area contributed by atoms with Gasteiger partial charge in [0.1, 0.15) is 5.78 Å². The minimum atomic E-state index is -4.33. The molecule has 0 radical (unpaired) electrons. The molecule has 4 nitrogen and oxygen atoms in total. The second-order valence-corrected chi connectivity index (χ2v) is 19.7. The summed E-state index contributed by atoms with van der Waals surface area (Å²) in [6.45, 7) is 13.2. The fourth-order valence-corrected chi connectivity index (χ4v) is 13.8. The van der Waals surface area contributed by atoms with E-state index in [0.29, 0.717) is 12.8 Å². The zero-order valence-electron chi connectivity index (χ0n) is 27.5. The summed E-state index contributed by atoms with van der Waals surface area (Å²) >= 11 is 0. The van der Waals surface area contributed by atoms with E-state index in [0.717, 1.165) is 6.42 Å². The van der Waals surface area contributed by atoms with Crippen molar-refractivity contribution in [3.8, 4) is 0 Å². The largest absolute Gasteiger partial charge is 0.748 e. The van der Waals surface area contributed by atoms with Crippen molar-refractivity contribution in [1.82, 2.24) is 0 Å². The van der Waals surface area contributed by atoms with Gasteiger partial charge in [-0.2, -0.15) is 0 Å². The highest BCUT2D eigenvalue weighted by atomic mass is 32.2. The van der Waals surface area contributed by atoms with Crippen LogP contribution < -0.4 is 0 Å². The number of unbranched alkanes of at least 4 members (excludes halogenated alkanes) is 12. The van der Waals surface area contributed by atoms with Crippen molar-refractivity contribution in [2.75, 3.05) is 30.4 Å². The monoisotopic (exact) mass is 602 g/mol. The van der Waals surface area contributed by atoms with Crippen LogP contribution in [0.1, 0.15) is 164 Å². The fourth-order valence-electron chi connectivity index (χ4n) is 7.58. The molecule has 2 aliphatic rings. The van der Waals surface area contributed by atoms with Gasteiger partial charge in [0, 0.05) is 19.1 Å². The molecule has 0 aromatic heterocycles. The summed E-state index contributed by atoms with van der Waals surface area (Å²) in [7, 11) is -4.98. The number of rotatable bonds is 22. The molecule has 238 valence electrons. The molecule has 2 bridgehead atoms. The van der Waals surface area contributed by atoms with Gasteiger partial charge in [-0.1, -0.05) is 92.9 Å². The summed E-state index contributed by atoms with van der Waals surface area (Å²) < 4.78 is 32.7. The lowest BCUT2D eigenvalue weighted by Crippen LogP contribution is -2.42. The molecular weight excluding hydrogens is 535 g/mol. The molecule has 0 N–H and O–H groups in total. The molecular formula is C34H67O4PS. The van der Waals surface area contributed by atoms with E-state index >= 15 is 0 Å². The molecule has 0 aromatic rings. The van der Waals surface area contributed by atoms with Gasteiger partial charge in [0.15, 0.2) is 0 Å². The molecule has 40 heavy (non-hydrogen) atoms. The van der Waals surface area contributed by atoms with Crippen molar-refractivity contribution >= 4 is 23.2 Å². The van der Waals surface area contributed by atoms with Crippen LogP contribution >= 0.6 is 7.26 Å². The van der Waals surface area contributed by atoms with Crippen molar-refractivity contribution in [2.24, 2.45) is 16.7 Å². The van der Waals surface area contributed by atoms with Gasteiger partial charge < -0.3 is 4.55 Å². The fraction of sp³-hybridized carbons (Fsp3) is 0.971. The Hall–Kier alpha value is 0.01000. The molecule has 2 unspecified atom stereocenters. The molecule has 0 saturated heterocycles. The van der Waals surface area contributed by atoms with Crippen molar-refractivity contribution in [2.45, 2.75) is 164 Å². The first-order valence-corrected chi connectivity index (χ1v) is 21.4. The Morgan fingerprint density at radius 2 is 1.07 bits per heavy atom.